The molecule has 156 valence electrons. The molecular formula is C25H33NO3. The van der Waals surface area contributed by atoms with Crippen LogP contribution in [0.15, 0.2) is 48.5 Å². The van der Waals surface area contributed by atoms with E-state index >= 15 is 0 Å². The van der Waals surface area contributed by atoms with Gasteiger partial charge >= 0.3 is 0 Å². The lowest BCUT2D eigenvalue weighted by Gasteiger charge is -2.48. The van der Waals surface area contributed by atoms with Gasteiger partial charge in [0.1, 0.15) is 17.1 Å². The summed E-state index contributed by atoms with van der Waals surface area (Å²) in [6, 6.07) is 16.9. The van der Waals surface area contributed by atoms with Gasteiger partial charge in [-0.25, -0.2) is 0 Å². The molecule has 2 heterocycles. The monoisotopic (exact) mass is 395 g/mol. The highest BCUT2D eigenvalue weighted by Crippen LogP contribution is 2.47. The number of fused-ring (bicyclic) bond motifs is 2. The molecule has 0 spiro atoms. The van der Waals surface area contributed by atoms with E-state index in [1.807, 2.05) is 48.5 Å². The maximum atomic E-state index is 12.3. The lowest BCUT2D eigenvalue weighted by atomic mass is 9.71. The molecular weight excluding hydrogens is 362 g/mol. The molecule has 4 nitrogen and oxygen atoms in total. The van der Waals surface area contributed by atoms with Crippen molar-refractivity contribution in [3.8, 4) is 11.5 Å². The molecule has 2 aromatic carbocycles. The van der Waals surface area contributed by atoms with Gasteiger partial charge in [-0.15, -0.1) is 0 Å². The van der Waals surface area contributed by atoms with Gasteiger partial charge in [-0.05, 0) is 57.2 Å². The maximum absolute atomic E-state index is 12.3. The van der Waals surface area contributed by atoms with Crippen molar-refractivity contribution in [2.75, 3.05) is 21.3 Å². The van der Waals surface area contributed by atoms with E-state index in [4.69, 9.17) is 9.47 Å². The molecule has 4 heteroatoms. The van der Waals surface area contributed by atoms with Crippen molar-refractivity contribution in [3.05, 3.63) is 59.7 Å². The molecule has 29 heavy (non-hydrogen) atoms. The SMILES string of the molecule is COc1ccccc1C(O)(C[C@H]1C[C@H]2CCC[C@@H](C1)N2C)c1ccccc1OC. The molecule has 0 unspecified atom stereocenters. The van der Waals surface area contributed by atoms with Crippen molar-refractivity contribution in [1.82, 2.24) is 4.90 Å². The van der Waals surface area contributed by atoms with Crippen LogP contribution in [0.25, 0.3) is 0 Å². The van der Waals surface area contributed by atoms with Crippen LogP contribution in [0, 0.1) is 5.92 Å². The van der Waals surface area contributed by atoms with Gasteiger partial charge in [0.15, 0.2) is 0 Å². The van der Waals surface area contributed by atoms with Crippen LogP contribution in [0.4, 0.5) is 0 Å². The Morgan fingerprint density at radius 3 is 1.86 bits per heavy atom. The Morgan fingerprint density at radius 1 is 0.897 bits per heavy atom. The van der Waals surface area contributed by atoms with E-state index in [9.17, 15) is 5.11 Å². The summed E-state index contributed by atoms with van der Waals surface area (Å²) in [7, 11) is 5.61. The molecule has 0 saturated carbocycles. The van der Waals surface area contributed by atoms with Crippen LogP contribution < -0.4 is 9.47 Å². The van der Waals surface area contributed by atoms with E-state index < -0.39 is 5.60 Å². The molecule has 0 aromatic heterocycles. The molecule has 2 bridgehead atoms. The standard InChI is InChI=1S/C25H33NO3/c1-26-19-9-8-10-20(26)16-18(15-19)17-25(27,21-11-4-6-13-23(21)28-2)22-12-5-7-14-24(22)29-3/h4-7,11-14,18-20,27H,8-10,15-17H2,1-3H3/t18-,19+,20-. The third-order valence-corrected chi connectivity index (χ3v) is 7.13. The Bertz CT molecular complexity index is 775. The topological polar surface area (TPSA) is 41.9 Å². The number of hydrogen-bond acceptors (Lipinski definition) is 4. The van der Waals surface area contributed by atoms with Crippen molar-refractivity contribution in [2.45, 2.75) is 56.2 Å². The van der Waals surface area contributed by atoms with Crippen molar-refractivity contribution < 1.29 is 14.6 Å². The Balaban J connectivity index is 1.75. The Morgan fingerprint density at radius 2 is 1.38 bits per heavy atom. The summed E-state index contributed by atoms with van der Waals surface area (Å²) in [6.07, 6.45) is 6.82. The first-order valence-corrected chi connectivity index (χ1v) is 10.8. The fourth-order valence-electron chi connectivity index (χ4n) is 5.65. The molecule has 0 amide bonds. The van der Waals surface area contributed by atoms with E-state index in [2.05, 4.69) is 11.9 Å². The summed E-state index contributed by atoms with van der Waals surface area (Å²) in [5, 5.41) is 12.3. The molecule has 2 fully saturated rings. The van der Waals surface area contributed by atoms with Crippen LogP contribution in [0.5, 0.6) is 11.5 Å². The average Bonchev–Trinajstić information content (AvgIpc) is 2.74. The normalized spacial score (nSPS) is 24.9. The number of benzene rings is 2. The maximum Gasteiger partial charge on any atom is 0.125 e. The quantitative estimate of drug-likeness (QED) is 0.777. The van der Waals surface area contributed by atoms with Crippen LogP contribution in [-0.4, -0.2) is 43.4 Å². The van der Waals surface area contributed by atoms with Gasteiger partial charge in [0.2, 0.25) is 0 Å². The fourth-order valence-corrected chi connectivity index (χ4v) is 5.65. The molecule has 0 radical (unpaired) electrons. The smallest absolute Gasteiger partial charge is 0.125 e. The van der Waals surface area contributed by atoms with Gasteiger partial charge < -0.3 is 19.5 Å². The van der Waals surface area contributed by atoms with Gasteiger partial charge in [0.25, 0.3) is 0 Å². The lowest BCUT2D eigenvalue weighted by Crippen LogP contribution is -2.50. The molecule has 2 aromatic rings. The van der Waals surface area contributed by atoms with Crippen molar-refractivity contribution >= 4 is 0 Å². The zero-order valence-corrected chi connectivity index (χ0v) is 17.8. The zero-order chi connectivity index (χ0) is 20.4. The third-order valence-electron chi connectivity index (χ3n) is 7.13. The van der Waals surface area contributed by atoms with Gasteiger partial charge in [0.05, 0.1) is 14.2 Å². The minimum atomic E-state index is -1.16. The largest absolute Gasteiger partial charge is 0.496 e. The van der Waals surface area contributed by atoms with Gasteiger partial charge in [0, 0.05) is 23.2 Å². The summed E-state index contributed by atoms with van der Waals surface area (Å²) in [5.41, 5.74) is 0.473. The minimum absolute atomic E-state index is 0.460. The molecule has 2 saturated heterocycles. The first-order chi connectivity index (χ1) is 14.1. The number of aliphatic hydroxyl groups is 1. The summed E-state index contributed by atoms with van der Waals surface area (Å²) < 4.78 is 11.3. The Labute approximate surface area is 174 Å². The van der Waals surface area contributed by atoms with Crippen LogP contribution in [0.1, 0.15) is 49.7 Å². The van der Waals surface area contributed by atoms with Crippen LogP contribution >= 0.6 is 0 Å². The number of piperidine rings is 2. The second-order valence-electron chi connectivity index (χ2n) is 8.71. The van der Waals surface area contributed by atoms with Crippen molar-refractivity contribution in [3.63, 3.8) is 0 Å². The number of methoxy groups -OCH3 is 2. The van der Waals surface area contributed by atoms with E-state index in [0.29, 0.717) is 35.9 Å². The third kappa shape index (κ3) is 3.76. The molecule has 4 rings (SSSR count). The number of nitrogens with zero attached hydrogens (tertiary/aromatic N) is 1. The summed E-state index contributed by atoms with van der Waals surface area (Å²) in [6.45, 7) is 0. The number of para-hydroxylation sites is 2. The molecule has 2 aliphatic heterocycles. The highest BCUT2D eigenvalue weighted by atomic mass is 16.5. The molecule has 0 aliphatic carbocycles. The number of ether oxygens (including phenoxy) is 2. The van der Waals surface area contributed by atoms with E-state index in [1.54, 1.807) is 14.2 Å². The van der Waals surface area contributed by atoms with Gasteiger partial charge in [-0.1, -0.05) is 42.8 Å². The zero-order valence-electron chi connectivity index (χ0n) is 17.8. The Kier molecular flexibility index (Phi) is 5.84. The first-order valence-electron chi connectivity index (χ1n) is 10.8. The molecule has 3 atom stereocenters. The van der Waals surface area contributed by atoms with Crippen LogP contribution in [0.2, 0.25) is 0 Å². The minimum Gasteiger partial charge on any atom is -0.496 e. The predicted octanol–water partition coefficient (Wildman–Crippen LogP) is 4.59. The Hall–Kier alpha value is -2.04. The predicted molar refractivity (Wildman–Crippen MR) is 116 cm³/mol. The van der Waals surface area contributed by atoms with Crippen molar-refractivity contribution in [2.24, 2.45) is 5.92 Å². The number of hydrogen-bond donors (Lipinski definition) is 1. The second kappa shape index (κ2) is 8.37. The second-order valence-corrected chi connectivity index (χ2v) is 8.71. The van der Waals surface area contributed by atoms with Crippen molar-refractivity contribution in [1.29, 1.82) is 0 Å². The first kappa shape index (κ1) is 20.2. The van der Waals surface area contributed by atoms with E-state index in [0.717, 1.165) is 24.0 Å². The number of rotatable bonds is 6. The highest BCUT2D eigenvalue weighted by molar-refractivity contribution is 5.49. The fraction of sp³-hybridized carbons (Fsp3) is 0.520. The molecule has 2 aliphatic rings. The van der Waals surface area contributed by atoms with Crippen LogP contribution in [-0.2, 0) is 5.60 Å². The summed E-state index contributed by atoms with van der Waals surface area (Å²) in [4.78, 5) is 2.57. The van der Waals surface area contributed by atoms with E-state index in [1.165, 1.54) is 19.3 Å². The van der Waals surface area contributed by atoms with E-state index in [-0.39, 0.29) is 0 Å². The van der Waals surface area contributed by atoms with Gasteiger partial charge in [-0.3, -0.25) is 0 Å². The average molecular weight is 396 g/mol. The summed E-state index contributed by atoms with van der Waals surface area (Å²) in [5.74, 6) is 1.89. The van der Waals surface area contributed by atoms with Crippen LogP contribution in [0.3, 0.4) is 0 Å². The highest BCUT2D eigenvalue weighted by Gasteiger charge is 2.43. The summed E-state index contributed by atoms with van der Waals surface area (Å²) >= 11 is 0. The molecule has 1 N–H and O–H groups in total. The lowest BCUT2D eigenvalue weighted by molar-refractivity contribution is -0.00794. The van der Waals surface area contributed by atoms with Gasteiger partial charge in [-0.2, -0.15) is 0 Å².